The van der Waals surface area contributed by atoms with Crippen LogP contribution in [0.5, 0.6) is 0 Å². The highest BCUT2D eigenvalue weighted by atomic mass is 15.3. The summed E-state index contributed by atoms with van der Waals surface area (Å²) in [4.78, 5) is 9.78. The Balaban J connectivity index is 1.57. The standard InChI is InChI=1S/C15H28N4/c16-15(17-13-6-2-1-3-7-13)19-11-10-18-9-5-4-8-14(18)12-19/h13-14H,1-12H2,(H2,16,17). The summed E-state index contributed by atoms with van der Waals surface area (Å²) in [6.45, 7) is 4.63. The van der Waals surface area contributed by atoms with Crippen LogP contribution in [0.1, 0.15) is 51.4 Å². The molecule has 19 heavy (non-hydrogen) atoms. The van der Waals surface area contributed by atoms with E-state index >= 15 is 0 Å². The van der Waals surface area contributed by atoms with E-state index in [1.165, 1.54) is 64.5 Å². The van der Waals surface area contributed by atoms with Gasteiger partial charge in [-0.05, 0) is 32.2 Å². The third-order valence-electron chi connectivity index (χ3n) is 5.05. The lowest BCUT2D eigenvalue weighted by molar-refractivity contribution is 0.0794. The number of hydrogen-bond donors (Lipinski definition) is 1. The van der Waals surface area contributed by atoms with Crippen LogP contribution in [0.15, 0.2) is 4.99 Å². The second-order valence-corrected chi connectivity index (χ2v) is 6.41. The quantitative estimate of drug-likeness (QED) is 0.580. The van der Waals surface area contributed by atoms with Gasteiger partial charge in [-0.3, -0.25) is 4.90 Å². The molecule has 0 amide bonds. The van der Waals surface area contributed by atoms with Crippen molar-refractivity contribution < 1.29 is 0 Å². The number of aliphatic imine (C=N–C) groups is 1. The van der Waals surface area contributed by atoms with E-state index in [1.807, 2.05) is 0 Å². The van der Waals surface area contributed by atoms with Crippen LogP contribution in [0.25, 0.3) is 0 Å². The zero-order chi connectivity index (χ0) is 13.1. The number of nitrogens with two attached hydrogens (primary N) is 1. The minimum absolute atomic E-state index is 0.498. The molecule has 0 aromatic rings. The third-order valence-corrected chi connectivity index (χ3v) is 5.05. The van der Waals surface area contributed by atoms with Gasteiger partial charge in [0.2, 0.25) is 0 Å². The van der Waals surface area contributed by atoms with E-state index in [2.05, 4.69) is 9.80 Å². The Bertz CT molecular complexity index is 322. The summed E-state index contributed by atoms with van der Waals surface area (Å²) in [6.07, 6.45) is 10.6. The molecule has 1 unspecified atom stereocenters. The number of rotatable bonds is 1. The van der Waals surface area contributed by atoms with Crippen molar-refractivity contribution >= 4 is 5.96 Å². The molecule has 3 fully saturated rings. The highest BCUT2D eigenvalue weighted by Gasteiger charge is 2.29. The molecule has 2 N–H and O–H groups in total. The molecule has 1 saturated carbocycles. The molecular formula is C15H28N4. The minimum Gasteiger partial charge on any atom is -0.370 e. The van der Waals surface area contributed by atoms with E-state index in [0.717, 1.165) is 25.1 Å². The summed E-state index contributed by atoms with van der Waals surface area (Å²) >= 11 is 0. The largest absolute Gasteiger partial charge is 0.370 e. The monoisotopic (exact) mass is 264 g/mol. The Morgan fingerprint density at radius 3 is 2.53 bits per heavy atom. The lowest BCUT2D eigenvalue weighted by Crippen LogP contribution is -2.57. The molecule has 0 aromatic carbocycles. The Hall–Kier alpha value is -0.770. The predicted molar refractivity (Wildman–Crippen MR) is 79.3 cm³/mol. The number of hydrogen-bond acceptors (Lipinski definition) is 2. The molecule has 1 aliphatic carbocycles. The number of piperidine rings is 1. The van der Waals surface area contributed by atoms with Crippen LogP contribution in [0.3, 0.4) is 0 Å². The summed E-state index contributed by atoms with van der Waals surface area (Å²) < 4.78 is 0. The molecule has 1 atom stereocenters. The Morgan fingerprint density at radius 1 is 0.895 bits per heavy atom. The lowest BCUT2D eigenvalue weighted by atomic mass is 9.96. The average Bonchev–Trinajstić information content (AvgIpc) is 2.48. The molecule has 2 saturated heterocycles. The van der Waals surface area contributed by atoms with Gasteiger partial charge in [-0.25, -0.2) is 4.99 Å². The van der Waals surface area contributed by atoms with Crippen LogP contribution < -0.4 is 5.73 Å². The third kappa shape index (κ3) is 3.22. The van der Waals surface area contributed by atoms with E-state index in [0.29, 0.717) is 6.04 Å². The predicted octanol–water partition coefficient (Wildman–Crippen LogP) is 1.80. The fourth-order valence-electron chi connectivity index (χ4n) is 3.84. The number of guanidine groups is 1. The molecule has 0 aromatic heterocycles. The Labute approximate surface area is 117 Å². The first-order valence-electron chi connectivity index (χ1n) is 8.15. The van der Waals surface area contributed by atoms with E-state index in [1.54, 1.807) is 0 Å². The van der Waals surface area contributed by atoms with E-state index in [9.17, 15) is 0 Å². The van der Waals surface area contributed by atoms with Gasteiger partial charge < -0.3 is 10.6 Å². The van der Waals surface area contributed by atoms with Crippen molar-refractivity contribution in [1.29, 1.82) is 0 Å². The van der Waals surface area contributed by atoms with Crippen molar-refractivity contribution in [1.82, 2.24) is 9.80 Å². The fraction of sp³-hybridized carbons (Fsp3) is 0.933. The minimum atomic E-state index is 0.498. The molecule has 0 spiro atoms. The normalized spacial score (nSPS) is 31.3. The SMILES string of the molecule is NC(=NC1CCCCC1)N1CCN2CCCCC2C1. The van der Waals surface area contributed by atoms with Crippen LogP contribution >= 0.6 is 0 Å². The summed E-state index contributed by atoms with van der Waals surface area (Å²) in [6, 6.07) is 1.22. The lowest BCUT2D eigenvalue weighted by Gasteiger charge is -2.44. The molecular weight excluding hydrogens is 236 g/mol. The van der Waals surface area contributed by atoms with E-state index in [4.69, 9.17) is 10.7 Å². The van der Waals surface area contributed by atoms with Crippen molar-refractivity contribution in [2.75, 3.05) is 26.2 Å². The van der Waals surface area contributed by atoms with Gasteiger partial charge in [-0.15, -0.1) is 0 Å². The molecule has 0 bridgehead atoms. The van der Waals surface area contributed by atoms with Crippen molar-refractivity contribution in [3.63, 3.8) is 0 Å². The first-order valence-corrected chi connectivity index (χ1v) is 8.15. The van der Waals surface area contributed by atoms with Crippen LogP contribution in [-0.2, 0) is 0 Å². The maximum absolute atomic E-state index is 6.26. The zero-order valence-corrected chi connectivity index (χ0v) is 12.1. The van der Waals surface area contributed by atoms with Crippen molar-refractivity contribution in [3.8, 4) is 0 Å². The van der Waals surface area contributed by atoms with Crippen LogP contribution in [0.2, 0.25) is 0 Å². The van der Waals surface area contributed by atoms with Gasteiger partial charge in [0.1, 0.15) is 0 Å². The van der Waals surface area contributed by atoms with E-state index < -0.39 is 0 Å². The van der Waals surface area contributed by atoms with Gasteiger partial charge in [0, 0.05) is 25.7 Å². The van der Waals surface area contributed by atoms with Gasteiger partial charge in [0.05, 0.1) is 6.04 Å². The highest BCUT2D eigenvalue weighted by Crippen LogP contribution is 2.23. The van der Waals surface area contributed by atoms with Gasteiger partial charge in [-0.2, -0.15) is 0 Å². The topological polar surface area (TPSA) is 44.9 Å². The number of fused-ring (bicyclic) bond motifs is 1. The van der Waals surface area contributed by atoms with Crippen molar-refractivity contribution in [3.05, 3.63) is 0 Å². The number of nitrogens with zero attached hydrogens (tertiary/aromatic N) is 3. The fourth-order valence-corrected chi connectivity index (χ4v) is 3.84. The summed E-state index contributed by atoms with van der Waals surface area (Å²) in [7, 11) is 0. The second-order valence-electron chi connectivity index (χ2n) is 6.41. The molecule has 2 aliphatic heterocycles. The molecule has 108 valence electrons. The van der Waals surface area contributed by atoms with Gasteiger partial charge in [0.25, 0.3) is 0 Å². The molecule has 0 radical (unpaired) electrons. The molecule has 3 rings (SSSR count). The molecule has 4 nitrogen and oxygen atoms in total. The molecule has 2 heterocycles. The molecule has 4 heteroatoms. The van der Waals surface area contributed by atoms with Gasteiger partial charge in [0.15, 0.2) is 5.96 Å². The Morgan fingerprint density at radius 2 is 1.68 bits per heavy atom. The second kappa shape index (κ2) is 6.12. The number of piperazine rings is 1. The van der Waals surface area contributed by atoms with Crippen LogP contribution in [0.4, 0.5) is 0 Å². The first kappa shape index (κ1) is 13.2. The Kier molecular flexibility index (Phi) is 4.26. The highest BCUT2D eigenvalue weighted by molar-refractivity contribution is 5.78. The van der Waals surface area contributed by atoms with Crippen LogP contribution in [-0.4, -0.2) is 54.0 Å². The maximum Gasteiger partial charge on any atom is 0.191 e. The van der Waals surface area contributed by atoms with Crippen LogP contribution in [0, 0.1) is 0 Å². The summed E-state index contributed by atoms with van der Waals surface area (Å²) in [5, 5.41) is 0. The summed E-state index contributed by atoms with van der Waals surface area (Å²) in [5.74, 6) is 0.817. The van der Waals surface area contributed by atoms with E-state index in [-0.39, 0.29) is 0 Å². The van der Waals surface area contributed by atoms with Gasteiger partial charge >= 0.3 is 0 Å². The van der Waals surface area contributed by atoms with Gasteiger partial charge in [-0.1, -0.05) is 25.7 Å². The average molecular weight is 264 g/mol. The van der Waals surface area contributed by atoms with Crippen molar-refractivity contribution in [2.45, 2.75) is 63.5 Å². The zero-order valence-electron chi connectivity index (χ0n) is 12.1. The maximum atomic E-state index is 6.26. The van der Waals surface area contributed by atoms with Crippen molar-refractivity contribution in [2.24, 2.45) is 10.7 Å². The smallest absolute Gasteiger partial charge is 0.191 e. The molecule has 3 aliphatic rings. The first-order chi connectivity index (χ1) is 9.33. The summed E-state index contributed by atoms with van der Waals surface area (Å²) in [5.41, 5.74) is 6.26.